The van der Waals surface area contributed by atoms with Crippen LogP contribution in [0.5, 0.6) is 0 Å². The van der Waals surface area contributed by atoms with Gasteiger partial charge in [-0.25, -0.2) is 4.79 Å². The summed E-state index contributed by atoms with van der Waals surface area (Å²) in [5, 5.41) is 7.86. The minimum absolute atomic E-state index is 0.0424. The van der Waals surface area contributed by atoms with Crippen LogP contribution in [0.2, 0.25) is 0 Å². The summed E-state index contributed by atoms with van der Waals surface area (Å²) in [6.07, 6.45) is 0. The minimum atomic E-state index is -4.22. The van der Waals surface area contributed by atoms with Gasteiger partial charge in [-0.1, -0.05) is 91.0 Å². The van der Waals surface area contributed by atoms with Crippen LogP contribution in [-0.2, 0) is 43.0 Å². The fraction of sp³-hybridized carbons (Fsp3) is 0.200. The zero-order chi connectivity index (χ0) is 24.4. The van der Waals surface area contributed by atoms with Crippen molar-refractivity contribution in [3.63, 3.8) is 0 Å². The predicted molar refractivity (Wildman–Crippen MR) is 130 cm³/mol. The molecule has 34 heavy (non-hydrogen) atoms. The van der Waals surface area contributed by atoms with Gasteiger partial charge in [0, 0.05) is 7.05 Å². The van der Waals surface area contributed by atoms with Gasteiger partial charge in [0.25, 0.3) is 0 Å². The lowest BCUT2D eigenvalue weighted by molar-refractivity contribution is -0.147. The number of nitrogens with zero attached hydrogens (tertiary/aromatic N) is 1. The number of nitrogens with two attached hydrogens (primary N) is 1. The summed E-state index contributed by atoms with van der Waals surface area (Å²) in [5.74, 6) is -2.92. The van der Waals surface area contributed by atoms with Gasteiger partial charge in [-0.3, -0.25) is 9.97 Å². The number of hydrogen-bond acceptors (Lipinski definition) is 6. The Morgan fingerprint density at radius 3 is 1.59 bits per heavy atom. The third-order valence-electron chi connectivity index (χ3n) is 4.99. The Morgan fingerprint density at radius 1 is 0.824 bits per heavy atom. The Bertz CT molecular complexity index is 1070. The smallest absolute Gasteiger partial charge is 0.365 e. The minimum Gasteiger partial charge on any atom is -0.459 e. The van der Waals surface area contributed by atoms with E-state index in [1.165, 1.54) is 7.05 Å². The summed E-state index contributed by atoms with van der Waals surface area (Å²) in [5.41, 5.74) is 7.90. The van der Waals surface area contributed by atoms with Gasteiger partial charge in [0.05, 0.1) is 13.2 Å². The van der Waals surface area contributed by atoms with Gasteiger partial charge in [-0.2, -0.15) is 0 Å². The highest BCUT2D eigenvalue weighted by Gasteiger charge is 2.46. The normalized spacial score (nSPS) is 12.0. The Hall–Kier alpha value is -3.45. The molecule has 1 unspecified atom stereocenters. The molecule has 0 fully saturated rings. The van der Waals surface area contributed by atoms with Crippen LogP contribution in [0.15, 0.2) is 91.0 Å². The first kappa shape index (κ1) is 25.2. The van der Waals surface area contributed by atoms with E-state index in [0.717, 1.165) is 21.6 Å². The molecule has 0 aromatic heterocycles. The third-order valence-corrected chi connectivity index (χ3v) is 7.12. The molecule has 0 amide bonds. The van der Waals surface area contributed by atoms with Crippen LogP contribution in [0.25, 0.3) is 0 Å². The lowest BCUT2D eigenvalue weighted by Crippen LogP contribution is -2.46. The third kappa shape index (κ3) is 7.02. The maximum absolute atomic E-state index is 14.1. The summed E-state index contributed by atoms with van der Waals surface area (Å²) in [7, 11) is -2.84. The maximum Gasteiger partial charge on any atom is 0.365 e. The average molecular weight is 481 g/mol. The molecule has 1 atom stereocenters. The van der Waals surface area contributed by atoms with E-state index in [1.807, 2.05) is 54.6 Å². The summed E-state index contributed by atoms with van der Waals surface area (Å²) in [6, 6.07) is 27.3. The van der Waals surface area contributed by atoms with Gasteiger partial charge in [0.1, 0.15) is 6.61 Å². The number of guanidine groups is 1. The zero-order valence-corrected chi connectivity index (χ0v) is 19.8. The number of esters is 1. The highest BCUT2D eigenvalue weighted by Crippen LogP contribution is 2.55. The first-order valence-electron chi connectivity index (χ1n) is 10.6. The van der Waals surface area contributed by atoms with E-state index in [2.05, 4.69) is 0 Å². The Balaban J connectivity index is 1.87. The number of carbonyl (C=O) groups is 1. The van der Waals surface area contributed by atoms with E-state index in [4.69, 9.17) is 24.9 Å². The van der Waals surface area contributed by atoms with Crippen molar-refractivity contribution in [3.05, 3.63) is 108 Å². The number of carbonyl (C=O) groups excluding carboxylic acids is 1. The number of likely N-dealkylation sites (N-methyl/N-ethyl adjacent to an activating group) is 1. The van der Waals surface area contributed by atoms with Crippen LogP contribution < -0.4 is 5.73 Å². The van der Waals surface area contributed by atoms with E-state index in [9.17, 15) is 9.36 Å². The van der Waals surface area contributed by atoms with Crippen molar-refractivity contribution < 1.29 is 23.1 Å². The van der Waals surface area contributed by atoms with Crippen LogP contribution in [0.3, 0.4) is 0 Å². The Kier molecular flexibility index (Phi) is 8.99. The average Bonchev–Trinajstić information content (AvgIpc) is 2.87. The van der Waals surface area contributed by atoms with Crippen LogP contribution >= 0.6 is 7.60 Å². The monoisotopic (exact) mass is 481 g/mol. The molecule has 178 valence electrons. The molecule has 0 spiro atoms. The largest absolute Gasteiger partial charge is 0.459 e. The number of nitrogens with one attached hydrogen (secondary N) is 1. The SMILES string of the molecule is CN(C(=N)N)C(C(=O)OCc1ccccc1)P(=O)(OCc1ccccc1)OCc1ccccc1. The molecule has 3 rings (SSSR count). The molecule has 8 nitrogen and oxygen atoms in total. The molecule has 0 aliphatic heterocycles. The molecule has 0 aliphatic carbocycles. The van der Waals surface area contributed by atoms with Crippen LogP contribution in [0, 0.1) is 5.41 Å². The summed E-state index contributed by atoms with van der Waals surface area (Å²) in [4.78, 5) is 14.2. The van der Waals surface area contributed by atoms with E-state index >= 15 is 0 Å². The second-order valence-electron chi connectivity index (χ2n) is 7.52. The van der Waals surface area contributed by atoms with Gasteiger partial charge < -0.3 is 24.4 Å². The standard InChI is InChI=1S/C25H28N3O5P/c1-28(25(26)27)23(24(29)31-17-20-11-5-2-6-12-20)34(30,32-18-21-13-7-3-8-14-21)33-19-22-15-9-4-10-16-22/h2-16,23H,17-19H2,1H3,(H3,26,27). The quantitative estimate of drug-likeness (QED) is 0.179. The Morgan fingerprint density at radius 2 is 1.21 bits per heavy atom. The molecule has 0 saturated heterocycles. The maximum atomic E-state index is 14.1. The van der Waals surface area contributed by atoms with Crippen molar-refractivity contribution in [2.45, 2.75) is 25.6 Å². The van der Waals surface area contributed by atoms with Crippen molar-refractivity contribution >= 4 is 19.5 Å². The summed E-state index contributed by atoms with van der Waals surface area (Å²) < 4.78 is 31.1. The first-order chi connectivity index (χ1) is 16.4. The van der Waals surface area contributed by atoms with Gasteiger partial charge in [0.2, 0.25) is 5.78 Å². The van der Waals surface area contributed by atoms with Crippen LogP contribution in [0.1, 0.15) is 16.7 Å². The molecule has 0 saturated carbocycles. The van der Waals surface area contributed by atoms with Crippen molar-refractivity contribution in [2.75, 3.05) is 7.05 Å². The fourth-order valence-corrected chi connectivity index (χ4v) is 4.99. The second-order valence-corrected chi connectivity index (χ2v) is 9.61. The number of ether oxygens (including phenoxy) is 1. The second kappa shape index (κ2) is 12.1. The van der Waals surface area contributed by atoms with Crippen LogP contribution in [-0.4, -0.2) is 29.7 Å². The van der Waals surface area contributed by atoms with Crippen LogP contribution in [0.4, 0.5) is 0 Å². The van der Waals surface area contributed by atoms with Gasteiger partial charge in [-0.15, -0.1) is 0 Å². The van der Waals surface area contributed by atoms with Crippen molar-refractivity contribution in [3.8, 4) is 0 Å². The number of hydrogen-bond donors (Lipinski definition) is 2. The van der Waals surface area contributed by atoms with Crippen molar-refractivity contribution in [1.82, 2.24) is 4.90 Å². The van der Waals surface area contributed by atoms with E-state index < -0.39 is 25.3 Å². The molecule has 9 heteroatoms. The number of benzene rings is 3. The fourth-order valence-electron chi connectivity index (χ4n) is 3.09. The van der Waals surface area contributed by atoms with E-state index in [-0.39, 0.29) is 19.8 Å². The van der Waals surface area contributed by atoms with Gasteiger partial charge >= 0.3 is 13.6 Å². The molecule has 3 N–H and O–H groups in total. The van der Waals surface area contributed by atoms with Crippen molar-refractivity contribution in [2.24, 2.45) is 5.73 Å². The summed E-state index contributed by atoms with van der Waals surface area (Å²) in [6.45, 7) is -0.179. The topological polar surface area (TPSA) is 115 Å². The zero-order valence-electron chi connectivity index (χ0n) is 18.9. The molecule has 0 bridgehead atoms. The number of rotatable bonds is 11. The molecule has 0 aliphatic rings. The first-order valence-corrected chi connectivity index (χ1v) is 12.2. The highest BCUT2D eigenvalue weighted by atomic mass is 31.2. The molecule has 0 heterocycles. The van der Waals surface area contributed by atoms with Gasteiger partial charge in [-0.05, 0) is 16.7 Å². The summed E-state index contributed by atoms with van der Waals surface area (Å²) >= 11 is 0. The van der Waals surface area contributed by atoms with Gasteiger partial charge in [0.15, 0.2) is 5.96 Å². The molecular formula is C25H28N3O5P. The van der Waals surface area contributed by atoms with E-state index in [0.29, 0.717) is 0 Å². The molecule has 3 aromatic rings. The Labute approximate surface area is 199 Å². The highest BCUT2D eigenvalue weighted by molar-refractivity contribution is 7.55. The molecular weight excluding hydrogens is 453 g/mol. The molecule has 3 aromatic carbocycles. The predicted octanol–water partition coefficient (Wildman–Crippen LogP) is 4.51. The lowest BCUT2D eigenvalue weighted by atomic mass is 10.2. The lowest BCUT2D eigenvalue weighted by Gasteiger charge is -2.32. The molecule has 0 radical (unpaired) electrons. The van der Waals surface area contributed by atoms with Crippen molar-refractivity contribution in [1.29, 1.82) is 5.41 Å². The van der Waals surface area contributed by atoms with E-state index in [1.54, 1.807) is 36.4 Å².